The van der Waals surface area contributed by atoms with Crippen LogP contribution in [0, 0.1) is 0 Å². The Balaban J connectivity index is 2.71. The monoisotopic (exact) mass is 217 g/mol. The zero-order chi connectivity index (χ0) is 10.4. The van der Waals surface area contributed by atoms with E-state index in [1.165, 1.54) is 11.8 Å². The third kappa shape index (κ3) is 2.66. The van der Waals surface area contributed by atoms with Gasteiger partial charge in [-0.15, -0.1) is 11.8 Å². The lowest BCUT2D eigenvalue weighted by Gasteiger charge is -2.14. The molecule has 1 N–H and O–H groups in total. The highest BCUT2D eigenvalue weighted by atomic mass is 32.2. The number of oxime groups is 1. The molecule has 78 valence electrons. The van der Waals surface area contributed by atoms with Gasteiger partial charge in [-0.1, -0.05) is 5.16 Å². The van der Waals surface area contributed by atoms with Crippen molar-refractivity contribution in [1.29, 1.82) is 0 Å². The van der Waals surface area contributed by atoms with E-state index in [4.69, 9.17) is 9.94 Å². The second-order valence-corrected chi connectivity index (χ2v) is 3.35. The lowest BCUT2D eigenvalue weighted by molar-refractivity contribution is -0.135. The topological polar surface area (TPSA) is 68.1 Å². The van der Waals surface area contributed by atoms with Gasteiger partial charge in [0.2, 0.25) is 5.71 Å². The Morgan fingerprint density at radius 3 is 3.14 bits per heavy atom. The van der Waals surface area contributed by atoms with Gasteiger partial charge in [0.25, 0.3) is 0 Å². The molecule has 0 radical (unpaired) electrons. The second kappa shape index (κ2) is 5.54. The lowest BCUT2D eigenvalue weighted by Crippen LogP contribution is -2.23. The van der Waals surface area contributed by atoms with Gasteiger partial charge in [-0.2, -0.15) is 0 Å². The van der Waals surface area contributed by atoms with Crippen molar-refractivity contribution >= 4 is 23.4 Å². The predicted molar refractivity (Wildman–Crippen MR) is 52.3 cm³/mol. The maximum Gasteiger partial charge on any atom is 0.364 e. The quantitative estimate of drug-likeness (QED) is 0.330. The third-order valence-electron chi connectivity index (χ3n) is 1.45. The van der Waals surface area contributed by atoms with Crippen LogP contribution in [-0.2, 0) is 14.3 Å². The van der Waals surface area contributed by atoms with Gasteiger partial charge < -0.3 is 14.7 Å². The molecule has 6 heteroatoms. The number of esters is 1. The van der Waals surface area contributed by atoms with Crippen molar-refractivity contribution in [2.75, 3.05) is 19.0 Å². The number of hydrogen-bond acceptors (Lipinski definition) is 6. The van der Waals surface area contributed by atoms with Crippen molar-refractivity contribution < 1.29 is 19.5 Å². The van der Waals surface area contributed by atoms with Gasteiger partial charge in [-0.05, 0) is 6.92 Å². The van der Waals surface area contributed by atoms with E-state index in [0.717, 1.165) is 5.75 Å². The molecule has 1 aliphatic heterocycles. The van der Waals surface area contributed by atoms with Gasteiger partial charge >= 0.3 is 5.97 Å². The molecule has 0 spiro atoms. The van der Waals surface area contributed by atoms with Gasteiger partial charge in [0.1, 0.15) is 0 Å². The van der Waals surface area contributed by atoms with Gasteiger partial charge in [0.05, 0.1) is 13.2 Å². The zero-order valence-corrected chi connectivity index (χ0v) is 8.54. The fraction of sp³-hybridized carbons (Fsp3) is 0.500. The highest BCUT2D eigenvalue weighted by Crippen LogP contribution is 2.16. The van der Waals surface area contributed by atoms with Gasteiger partial charge in [0, 0.05) is 11.2 Å². The molecule has 0 unspecified atom stereocenters. The molecule has 0 bridgehead atoms. The fourth-order valence-corrected chi connectivity index (χ4v) is 1.51. The van der Waals surface area contributed by atoms with Crippen LogP contribution in [0.3, 0.4) is 0 Å². The van der Waals surface area contributed by atoms with Crippen LogP contribution < -0.4 is 0 Å². The van der Waals surface area contributed by atoms with Crippen LogP contribution in [0.1, 0.15) is 6.92 Å². The van der Waals surface area contributed by atoms with Crippen molar-refractivity contribution in [3.05, 3.63) is 11.2 Å². The maximum atomic E-state index is 11.2. The zero-order valence-electron chi connectivity index (χ0n) is 7.73. The molecule has 0 aromatic rings. The number of carbonyl (C=O) groups excluding carboxylic acids is 1. The van der Waals surface area contributed by atoms with Crippen molar-refractivity contribution in [3.8, 4) is 0 Å². The van der Waals surface area contributed by atoms with E-state index < -0.39 is 5.97 Å². The minimum Gasteiger partial charge on any atom is -0.489 e. The highest BCUT2D eigenvalue weighted by Gasteiger charge is 2.21. The number of rotatable bonds is 3. The van der Waals surface area contributed by atoms with Crippen LogP contribution in [0.25, 0.3) is 0 Å². The smallest absolute Gasteiger partial charge is 0.364 e. The summed E-state index contributed by atoms with van der Waals surface area (Å²) >= 11 is 1.50. The normalized spacial score (nSPS) is 16.9. The molecule has 0 saturated carbocycles. The average Bonchev–Trinajstić information content (AvgIpc) is 2.21. The number of thioether (sulfide) groups is 1. The Bertz CT molecular complexity index is 275. The number of carbonyl (C=O) groups is 1. The van der Waals surface area contributed by atoms with Crippen LogP contribution >= 0.6 is 11.8 Å². The fourth-order valence-electron chi connectivity index (χ4n) is 0.883. The van der Waals surface area contributed by atoms with E-state index in [0.29, 0.717) is 6.61 Å². The first-order valence-electron chi connectivity index (χ1n) is 4.13. The van der Waals surface area contributed by atoms with Crippen LogP contribution in [0.2, 0.25) is 0 Å². The molecule has 0 aromatic carbocycles. The summed E-state index contributed by atoms with van der Waals surface area (Å²) in [6.07, 6.45) is 0. The van der Waals surface area contributed by atoms with Crippen molar-refractivity contribution in [2.24, 2.45) is 5.16 Å². The molecule has 0 amide bonds. The first-order valence-corrected chi connectivity index (χ1v) is 5.18. The summed E-state index contributed by atoms with van der Waals surface area (Å²) in [4.78, 5) is 11.2. The first kappa shape index (κ1) is 10.9. The molecule has 1 aliphatic rings. The summed E-state index contributed by atoms with van der Waals surface area (Å²) in [6, 6.07) is 0. The summed E-state index contributed by atoms with van der Waals surface area (Å²) in [5, 5.41) is 13.1. The molecular weight excluding hydrogens is 206 g/mol. The van der Waals surface area contributed by atoms with Gasteiger partial charge in [-0.25, -0.2) is 4.79 Å². The highest BCUT2D eigenvalue weighted by molar-refractivity contribution is 8.02. The minimum atomic E-state index is -0.677. The van der Waals surface area contributed by atoms with Crippen LogP contribution in [0.4, 0.5) is 0 Å². The molecule has 0 atom stereocenters. The molecule has 1 heterocycles. The molecule has 0 saturated heterocycles. The van der Waals surface area contributed by atoms with Gasteiger partial charge in [0.15, 0.2) is 5.76 Å². The summed E-state index contributed by atoms with van der Waals surface area (Å²) in [5.41, 5.74) is -0.181. The molecule has 1 rings (SSSR count). The number of ether oxygens (including phenoxy) is 2. The summed E-state index contributed by atoms with van der Waals surface area (Å²) < 4.78 is 9.84. The number of hydrogen-bond donors (Lipinski definition) is 1. The third-order valence-corrected chi connectivity index (χ3v) is 2.23. The largest absolute Gasteiger partial charge is 0.489 e. The summed E-state index contributed by atoms with van der Waals surface area (Å²) in [5.74, 6) is 0.413. The van der Waals surface area contributed by atoms with Crippen LogP contribution in [0.15, 0.2) is 16.3 Å². The molecule has 0 fully saturated rings. The van der Waals surface area contributed by atoms with Crippen molar-refractivity contribution in [2.45, 2.75) is 6.92 Å². The SMILES string of the molecule is CCOC(=O)/C(=N/O)C1=CSCCO1. The van der Waals surface area contributed by atoms with Gasteiger partial charge in [-0.3, -0.25) is 0 Å². The average molecular weight is 217 g/mol. The summed E-state index contributed by atoms with van der Waals surface area (Å²) in [7, 11) is 0. The predicted octanol–water partition coefficient (Wildman–Crippen LogP) is 0.985. The van der Waals surface area contributed by atoms with E-state index in [1.54, 1.807) is 12.3 Å². The maximum absolute atomic E-state index is 11.2. The Kier molecular flexibility index (Phi) is 4.31. The van der Waals surface area contributed by atoms with Crippen LogP contribution in [-0.4, -0.2) is 35.9 Å². The van der Waals surface area contributed by atoms with E-state index in [9.17, 15) is 4.79 Å². The lowest BCUT2D eigenvalue weighted by atomic mass is 10.3. The standard InChI is InChI=1S/C8H11NO4S/c1-2-12-8(10)7(9-11)6-5-14-4-3-13-6/h5,11H,2-4H2,1H3/b9-7+. The van der Waals surface area contributed by atoms with E-state index in [2.05, 4.69) is 9.89 Å². The summed E-state index contributed by atoms with van der Waals surface area (Å²) in [6.45, 7) is 2.41. The number of nitrogens with zero attached hydrogens (tertiary/aromatic N) is 1. The van der Waals surface area contributed by atoms with E-state index in [1.807, 2.05) is 0 Å². The Morgan fingerprint density at radius 1 is 1.86 bits per heavy atom. The van der Waals surface area contributed by atoms with Crippen molar-refractivity contribution in [1.82, 2.24) is 0 Å². The van der Waals surface area contributed by atoms with Crippen LogP contribution in [0.5, 0.6) is 0 Å². The molecule has 0 aliphatic carbocycles. The Hall–Kier alpha value is -1.17. The molecule has 5 nitrogen and oxygen atoms in total. The van der Waals surface area contributed by atoms with E-state index >= 15 is 0 Å². The second-order valence-electron chi connectivity index (χ2n) is 2.37. The molecule has 14 heavy (non-hydrogen) atoms. The molecular formula is C8H11NO4S. The van der Waals surface area contributed by atoms with Crippen molar-refractivity contribution in [3.63, 3.8) is 0 Å². The Morgan fingerprint density at radius 2 is 2.64 bits per heavy atom. The minimum absolute atomic E-state index is 0.181. The van der Waals surface area contributed by atoms with E-state index in [-0.39, 0.29) is 18.1 Å². The Labute approximate surface area is 85.8 Å². The first-order chi connectivity index (χ1) is 6.79. The molecule has 0 aromatic heterocycles.